The molecule has 0 radical (unpaired) electrons. The van der Waals surface area contributed by atoms with Crippen molar-refractivity contribution in [1.29, 1.82) is 0 Å². The molecule has 0 spiro atoms. The van der Waals surface area contributed by atoms with Gasteiger partial charge in [0.15, 0.2) is 0 Å². The predicted molar refractivity (Wildman–Crippen MR) is 59.1 cm³/mol. The predicted octanol–water partition coefficient (Wildman–Crippen LogP) is 3.38. The maximum atomic E-state index is 11.1. The Bertz CT molecular complexity index is 261. The molecule has 1 atom stereocenters. The molecule has 0 amide bonds. The Labute approximate surface area is 102 Å². The van der Waals surface area contributed by atoms with Gasteiger partial charge in [0.2, 0.25) is 3.79 Å². The molecule has 0 saturated heterocycles. The van der Waals surface area contributed by atoms with Crippen LogP contribution in [0.3, 0.4) is 0 Å². The van der Waals surface area contributed by atoms with Gasteiger partial charge in [-0.2, -0.15) is 0 Å². The van der Waals surface area contributed by atoms with Crippen molar-refractivity contribution in [3.05, 3.63) is 10.4 Å². The first-order chi connectivity index (χ1) is 6.85. The monoisotopic (exact) mass is 273 g/mol. The number of carbonyl (C=O) groups is 1. The molecule has 0 aliphatic heterocycles. The van der Waals surface area contributed by atoms with Gasteiger partial charge in [0, 0.05) is 17.4 Å². The number of ether oxygens (including phenoxy) is 1. The summed E-state index contributed by atoms with van der Waals surface area (Å²) in [6.45, 7) is 1.41. The third-order valence-electron chi connectivity index (χ3n) is 1.41. The number of azide groups is 1. The molecule has 15 heavy (non-hydrogen) atoms. The van der Waals surface area contributed by atoms with E-state index in [-0.39, 0.29) is 19.1 Å². The van der Waals surface area contributed by atoms with E-state index in [1.807, 2.05) is 0 Å². The van der Waals surface area contributed by atoms with E-state index < -0.39 is 9.76 Å². The number of halogens is 3. The summed E-state index contributed by atoms with van der Waals surface area (Å²) < 4.78 is 3.07. The summed E-state index contributed by atoms with van der Waals surface area (Å²) in [5.41, 5.74) is 8.10. The summed E-state index contributed by atoms with van der Waals surface area (Å²) in [5, 5.41) is 3.40. The molecule has 1 unspecified atom stereocenters. The minimum Gasteiger partial charge on any atom is -0.461 e. The van der Waals surface area contributed by atoms with Crippen molar-refractivity contribution in [3.63, 3.8) is 0 Å². The van der Waals surface area contributed by atoms with Crippen LogP contribution in [0.1, 0.15) is 19.8 Å². The number of hydrogen-bond donors (Lipinski definition) is 0. The van der Waals surface area contributed by atoms with Crippen LogP contribution in [0.2, 0.25) is 0 Å². The largest absolute Gasteiger partial charge is 0.461 e. The van der Waals surface area contributed by atoms with Gasteiger partial charge < -0.3 is 4.74 Å². The summed E-state index contributed by atoms with van der Waals surface area (Å²) >= 11 is 16.1. The number of rotatable bonds is 5. The first-order valence-corrected chi connectivity index (χ1v) is 5.25. The average Bonchev–Trinajstić information content (AvgIpc) is 2.11. The Kier molecular flexibility index (Phi) is 6.85. The highest BCUT2D eigenvalue weighted by Crippen LogP contribution is 2.26. The van der Waals surface area contributed by atoms with Crippen LogP contribution in [0.4, 0.5) is 0 Å². The average molecular weight is 275 g/mol. The Balaban J connectivity index is 3.71. The standard InChI is InChI=1S/C7H10Cl3N3O2/c1-5(12-13-11)2-3-6(14)15-4-7(8,9)10/h5H,2-4H2,1H3. The van der Waals surface area contributed by atoms with Crippen LogP contribution in [0, 0.1) is 0 Å². The Morgan fingerprint density at radius 1 is 1.60 bits per heavy atom. The van der Waals surface area contributed by atoms with Gasteiger partial charge in [0.25, 0.3) is 0 Å². The van der Waals surface area contributed by atoms with E-state index in [0.717, 1.165) is 0 Å². The molecule has 0 aliphatic carbocycles. The topological polar surface area (TPSA) is 75.1 Å². The van der Waals surface area contributed by atoms with Crippen LogP contribution in [0.25, 0.3) is 10.4 Å². The molecule has 0 rings (SSSR count). The molecular weight excluding hydrogens is 264 g/mol. The Morgan fingerprint density at radius 2 is 2.20 bits per heavy atom. The van der Waals surface area contributed by atoms with Crippen molar-refractivity contribution >= 4 is 40.8 Å². The number of nitrogens with zero attached hydrogens (tertiary/aromatic N) is 3. The van der Waals surface area contributed by atoms with E-state index in [4.69, 9.17) is 40.3 Å². The van der Waals surface area contributed by atoms with Crippen molar-refractivity contribution in [2.24, 2.45) is 5.11 Å². The van der Waals surface area contributed by atoms with Crippen LogP contribution in [-0.4, -0.2) is 22.4 Å². The van der Waals surface area contributed by atoms with E-state index in [1.54, 1.807) is 6.92 Å². The van der Waals surface area contributed by atoms with E-state index in [1.165, 1.54) is 0 Å². The van der Waals surface area contributed by atoms with Crippen molar-refractivity contribution < 1.29 is 9.53 Å². The fourth-order valence-corrected chi connectivity index (χ4v) is 0.871. The van der Waals surface area contributed by atoms with Gasteiger partial charge in [0.05, 0.1) is 0 Å². The molecule has 0 aromatic heterocycles. The molecule has 86 valence electrons. The lowest BCUT2D eigenvalue weighted by Gasteiger charge is -2.11. The molecule has 5 nitrogen and oxygen atoms in total. The second-order valence-electron chi connectivity index (χ2n) is 2.87. The first-order valence-electron chi connectivity index (χ1n) is 4.11. The molecule has 0 aromatic carbocycles. The maximum Gasteiger partial charge on any atom is 0.305 e. The highest BCUT2D eigenvalue weighted by atomic mass is 35.6. The zero-order valence-electron chi connectivity index (χ0n) is 7.99. The van der Waals surface area contributed by atoms with Crippen molar-refractivity contribution in [2.75, 3.05) is 6.61 Å². The van der Waals surface area contributed by atoms with Crippen LogP contribution < -0.4 is 0 Å². The molecule has 0 N–H and O–H groups in total. The second-order valence-corrected chi connectivity index (χ2v) is 5.38. The minimum absolute atomic E-state index is 0.126. The van der Waals surface area contributed by atoms with Crippen molar-refractivity contribution in [1.82, 2.24) is 0 Å². The van der Waals surface area contributed by atoms with Crippen LogP contribution >= 0.6 is 34.8 Å². The zero-order chi connectivity index (χ0) is 11.9. The zero-order valence-corrected chi connectivity index (χ0v) is 10.3. The van der Waals surface area contributed by atoms with E-state index in [9.17, 15) is 4.79 Å². The first kappa shape index (κ1) is 14.6. The molecule has 0 aliphatic rings. The number of alkyl halides is 3. The van der Waals surface area contributed by atoms with E-state index >= 15 is 0 Å². The summed E-state index contributed by atoms with van der Waals surface area (Å²) in [6, 6.07) is -0.254. The Morgan fingerprint density at radius 3 is 2.67 bits per heavy atom. The fraction of sp³-hybridized carbons (Fsp3) is 0.857. The summed E-state index contributed by atoms with van der Waals surface area (Å²) in [5.74, 6) is -0.485. The molecule has 8 heteroatoms. The lowest BCUT2D eigenvalue weighted by Crippen LogP contribution is -2.17. The lowest BCUT2D eigenvalue weighted by atomic mass is 10.2. The molecule has 0 heterocycles. The number of hydrogen-bond acceptors (Lipinski definition) is 3. The van der Waals surface area contributed by atoms with E-state index in [2.05, 4.69) is 14.8 Å². The molecule has 0 bridgehead atoms. The summed E-state index contributed by atoms with van der Waals surface area (Å²) in [6.07, 6.45) is 0.531. The van der Waals surface area contributed by atoms with Crippen LogP contribution in [-0.2, 0) is 9.53 Å². The molecule has 0 fully saturated rings. The smallest absolute Gasteiger partial charge is 0.305 e. The van der Waals surface area contributed by atoms with Gasteiger partial charge in [-0.25, -0.2) is 0 Å². The van der Waals surface area contributed by atoms with Crippen LogP contribution in [0.15, 0.2) is 5.11 Å². The lowest BCUT2D eigenvalue weighted by molar-refractivity contribution is -0.143. The quantitative estimate of drug-likeness (QED) is 0.253. The SMILES string of the molecule is CC(CCC(=O)OCC(Cl)(Cl)Cl)N=[N+]=[N-]. The van der Waals surface area contributed by atoms with Gasteiger partial charge in [-0.3, -0.25) is 4.79 Å². The van der Waals surface area contributed by atoms with Gasteiger partial charge in [0.1, 0.15) is 6.61 Å². The van der Waals surface area contributed by atoms with Gasteiger partial charge in [-0.15, -0.1) is 0 Å². The van der Waals surface area contributed by atoms with Crippen LogP contribution in [0.5, 0.6) is 0 Å². The molecular formula is C7H10Cl3N3O2. The summed E-state index contributed by atoms with van der Waals surface area (Å²) in [7, 11) is 0. The number of carbonyl (C=O) groups excluding carboxylic acids is 1. The highest BCUT2D eigenvalue weighted by molar-refractivity contribution is 6.67. The van der Waals surface area contributed by atoms with Crippen molar-refractivity contribution in [3.8, 4) is 0 Å². The summed E-state index contributed by atoms with van der Waals surface area (Å²) in [4.78, 5) is 13.7. The van der Waals surface area contributed by atoms with Gasteiger partial charge >= 0.3 is 5.97 Å². The third kappa shape index (κ3) is 9.94. The third-order valence-corrected chi connectivity index (χ3v) is 1.74. The fourth-order valence-electron chi connectivity index (χ4n) is 0.707. The normalized spacial score (nSPS) is 12.8. The van der Waals surface area contributed by atoms with Crippen molar-refractivity contribution in [2.45, 2.75) is 29.6 Å². The Hall–Kier alpha value is -0.350. The number of esters is 1. The maximum absolute atomic E-state index is 11.1. The van der Waals surface area contributed by atoms with Gasteiger partial charge in [-0.05, 0) is 12.0 Å². The highest BCUT2D eigenvalue weighted by Gasteiger charge is 2.22. The second kappa shape index (κ2) is 7.01. The van der Waals surface area contributed by atoms with E-state index in [0.29, 0.717) is 6.42 Å². The minimum atomic E-state index is -1.59. The van der Waals surface area contributed by atoms with Gasteiger partial charge in [-0.1, -0.05) is 46.8 Å². The molecule has 0 saturated carbocycles. The molecule has 0 aromatic rings.